The number of rotatable bonds is 12. The van der Waals surface area contributed by atoms with Crippen LogP contribution in [0, 0.1) is 0 Å². The molecule has 0 radical (unpaired) electrons. The minimum atomic E-state index is -3.07. The van der Waals surface area contributed by atoms with Gasteiger partial charge in [-0.05, 0) is 0 Å². The molecule has 0 amide bonds. The van der Waals surface area contributed by atoms with Crippen LogP contribution >= 0.6 is 33.0 Å². The Morgan fingerprint density at radius 3 is 0.600 bits per heavy atom. The van der Waals surface area contributed by atoms with Gasteiger partial charge in [-0.15, -0.1) is 0 Å². The van der Waals surface area contributed by atoms with Crippen molar-refractivity contribution in [1.82, 2.24) is 0 Å². The van der Waals surface area contributed by atoms with E-state index in [4.69, 9.17) is 0 Å². The van der Waals surface area contributed by atoms with Crippen molar-refractivity contribution in [3.8, 4) is 0 Å². The third-order valence-corrected chi connectivity index (χ3v) is 26.7. The second-order valence-electron chi connectivity index (χ2n) is 14.1. The Labute approximate surface area is 380 Å². The zero-order valence-electron chi connectivity index (χ0n) is 32.8. The summed E-state index contributed by atoms with van der Waals surface area (Å²) in [5.74, 6) is 0. The first-order valence-electron chi connectivity index (χ1n) is 19.9. The number of halogens is 1. The van der Waals surface area contributed by atoms with E-state index >= 15 is 0 Å². The Balaban J connectivity index is 0.00000246. The van der Waals surface area contributed by atoms with E-state index in [2.05, 4.69) is 264 Å². The van der Waals surface area contributed by atoms with Crippen molar-refractivity contribution in [3.05, 3.63) is 255 Å². The normalized spacial score (nSPS) is 11.0. The number of hydrogen-bond donors (Lipinski definition) is 0. The van der Waals surface area contributed by atoms with Gasteiger partial charge in [-0.3, -0.25) is 0 Å². The fourth-order valence-corrected chi connectivity index (χ4v) is 26.1. The van der Waals surface area contributed by atoms with Crippen molar-refractivity contribution in [1.29, 1.82) is 0 Å². The molecule has 6 heteroatoms. The molecule has 0 fully saturated rings. The van der Waals surface area contributed by atoms with Crippen molar-refractivity contribution in [2.45, 2.75) is 0 Å². The second-order valence-corrected chi connectivity index (χ2v) is 26.4. The first-order valence-corrected chi connectivity index (χ1v) is 30.3. The molecule has 0 N–H and O–H groups in total. The predicted molar refractivity (Wildman–Crippen MR) is 266 cm³/mol. The molecule has 0 aliphatic rings. The average molecular weight is 1090 g/mol. The molecule has 0 saturated carbocycles. The first-order chi connectivity index (χ1) is 29.8. The summed E-state index contributed by atoms with van der Waals surface area (Å²) in [6, 6.07) is 96.1. The van der Waals surface area contributed by atoms with Crippen LogP contribution in [-0.4, -0.2) is 16.2 Å². The molecule has 294 valence electrons. The van der Waals surface area contributed by atoms with Crippen LogP contribution in [0.1, 0.15) is 0 Å². The Morgan fingerprint density at radius 1 is 0.233 bits per heavy atom. The van der Waals surface area contributed by atoms with E-state index in [0.29, 0.717) is 0 Å². The maximum absolute atomic E-state index is 4.58. The van der Waals surface area contributed by atoms with Crippen LogP contribution in [0.5, 0.6) is 0 Å². The summed E-state index contributed by atoms with van der Waals surface area (Å²) in [6.07, 6.45) is 0. The summed E-state index contributed by atoms with van der Waals surface area (Å²) < 4.78 is 4.63. The molecule has 9 aromatic rings. The third kappa shape index (κ3) is 9.68. The summed E-state index contributed by atoms with van der Waals surface area (Å²) in [5.41, 5.74) is 0. The van der Waals surface area contributed by atoms with Crippen LogP contribution < -0.4 is 60.1 Å². The van der Waals surface area contributed by atoms with Gasteiger partial charge < -0.3 is 0 Å². The third-order valence-electron chi connectivity index (χ3n) is 10.6. The Morgan fingerprint density at radius 2 is 0.400 bits per heavy atom. The molecule has 0 heterocycles. The van der Waals surface area contributed by atoms with Gasteiger partial charge in [0.2, 0.25) is 0 Å². The average Bonchev–Trinajstić information content (AvgIpc) is 3.34. The summed E-state index contributed by atoms with van der Waals surface area (Å²) in [5, 5.41) is 12.7. The molecule has 9 aromatic carbocycles. The van der Waals surface area contributed by atoms with E-state index in [1.54, 1.807) is 32.3 Å². The Kier molecular flexibility index (Phi) is 15.4. The molecule has 0 aliphatic carbocycles. The fourth-order valence-electron chi connectivity index (χ4n) is 8.05. The number of benzene rings is 9. The first kappa shape index (κ1) is 42.6. The molecule has 0 atom stereocenters. The van der Waals surface area contributed by atoms with E-state index in [0.717, 1.165) is 0 Å². The van der Waals surface area contributed by atoms with E-state index in [-0.39, 0.29) is 0 Å². The molecular formula is C54H42AuClGaP3. The van der Waals surface area contributed by atoms with Crippen LogP contribution in [0.3, 0.4) is 0 Å². The molecule has 60 heavy (non-hydrogen) atoms. The molecule has 0 aromatic heterocycles. The van der Waals surface area contributed by atoms with Gasteiger partial charge in [0.1, 0.15) is 0 Å². The summed E-state index contributed by atoms with van der Waals surface area (Å²) in [6.45, 7) is 0. The van der Waals surface area contributed by atoms with Crippen LogP contribution in [0.25, 0.3) is 0 Å². The zero-order chi connectivity index (χ0) is 40.9. The van der Waals surface area contributed by atoms with Crippen molar-refractivity contribution in [2.24, 2.45) is 0 Å². The quantitative estimate of drug-likeness (QED) is 0.0857. The fraction of sp³-hybridized carbons (Fsp3) is 0. The summed E-state index contributed by atoms with van der Waals surface area (Å²) >= 11 is -1.32. The predicted octanol–water partition coefficient (Wildman–Crippen LogP) is 8.16. The van der Waals surface area contributed by atoms with Crippen molar-refractivity contribution in [3.63, 3.8) is 0 Å². The van der Waals surface area contributed by atoms with Gasteiger partial charge in [0, 0.05) is 0 Å². The van der Waals surface area contributed by atoms with Gasteiger partial charge in [0.05, 0.1) is 0 Å². The maximum atomic E-state index is 4.58. The van der Waals surface area contributed by atoms with Gasteiger partial charge in [0.15, 0.2) is 0 Å². The van der Waals surface area contributed by atoms with Crippen LogP contribution in [0.2, 0.25) is 0 Å². The molecular weight excluding hydrogens is 1040 g/mol. The van der Waals surface area contributed by atoms with Gasteiger partial charge >= 0.3 is 384 Å². The molecule has 9 rings (SSSR count). The van der Waals surface area contributed by atoms with Gasteiger partial charge in [-0.25, -0.2) is 0 Å². The van der Waals surface area contributed by atoms with Crippen molar-refractivity contribution < 1.29 is 20.0 Å². The molecule has 0 saturated heterocycles. The van der Waals surface area contributed by atoms with Crippen molar-refractivity contribution >= 4 is 109 Å². The van der Waals surface area contributed by atoms with Crippen LogP contribution in [0.15, 0.2) is 255 Å². The van der Waals surface area contributed by atoms with Gasteiger partial charge in [0.25, 0.3) is 0 Å². The SMILES string of the molecule is [Cl][Au].c1ccc(P(c2ccccc2)c2cccc[c]2[Ga]([c]2ccccc2P(c2ccccc2)c2ccccc2)[c]2ccccc2P(c2ccccc2)c2ccccc2)cc1. The van der Waals surface area contributed by atoms with Crippen LogP contribution in [-0.2, 0) is 20.0 Å². The Bertz CT molecular complexity index is 2270. The number of hydrogen-bond acceptors (Lipinski definition) is 0. The van der Waals surface area contributed by atoms with E-state index < -0.39 is 40.0 Å². The topological polar surface area (TPSA) is 0 Å². The van der Waals surface area contributed by atoms with Gasteiger partial charge in [-0.2, -0.15) is 0 Å². The minimum absolute atomic E-state index is 0.848. The Hall–Kier alpha value is -4.06. The molecule has 0 bridgehead atoms. The molecule has 0 spiro atoms. The molecule has 0 unspecified atom stereocenters. The summed E-state index contributed by atoms with van der Waals surface area (Å²) in [4.78, 5) is 0. The monoisotopic (exact) mass is 1080 g/mol. The van der Waals surface area contributed by atoms with E-state index in [9.17, 15) is 0 Å². The van der Waals surface area contributed by atoms with E-state index in [1.165, 1.54) is 47.7 Å². The molecule has 0 nitrogen and oxygen atoms in total. The van der Waals surface area contributed by atoms with E-state index in [1.807, 2.05) is 0 Å². The standard InChI is InChI=1S/3C18H14P.Au.ClH.Ga/c3*1-4-10-16(11-5-1)19(17-12-6-2-7-13-17)18-14-8-3-9-15-18;;;/h3*1-14H;;1H;/q;;;+1;;/p-1. The molecule has 0 aliphatic heterocycles. The van der Waals surface area contributed by atoms with Gasteiger partial charge in [-0.1, -0.05) is 0 Å². The zero-order valence-corrected chi connectivity index (χ0v) is 40.9. The second kappa shape index (κ2) is 21.6. The van der Waals surface area contributed by atoms with Crippen molar-refractivity contribution in [2.75, 3.05) is 0 Å². The van der Waals surface area contributed by atoms with Crippen LogP contribution in [0.4, 0.5) is 0 Å². The summed E-state index contributed by atoms with van der Waals surface area (Å²) in [7, 11) is 2.04.